The number of hydrogen-bond acceptors (Lipinski definition) is 7. The second-order valence-corrected chi connectivity index (χ2v) is 7.03. The van der Waals surface area contributed by atoms with Gasteiger partial charge in [0.1, 0.15) is 18.1 Å². The summed E-state index contributed by atoms with van der Waals surface area (Å²) in [6.45, 7) is 1.39. The highest BCUT2D eigenvalue weighted by molar-refractivity contribution is 5.94. The normalized spacial score (nSPS) is 18.8. The zero-order chi connectivity index (χ0) is 22.8. The van der Waals surface area contributed by atoms with Crippen molar-refractivity contribution in [2.45, 2.75) is 56.8 Å². The Bertz CT molecular complexity index is 665. The lowest BCUT2D eigenvalue weighted by Gasteiger charge is -2.30. The van der Waals surface area contributed by atoms with E-state index < -0.39 is 47.9 Å². The zero-order valence-corrected chi connectivity index (χ0v) is 16.9. The molecule has 0 saturated carbocycles. The largest absolute Gasteiger partial charge is 0.480 e. The van der Waals surface area contributed by atoms with Crippen molar-refractivity contribution < 1.29 is 29.4 Å². The molecule has 1 rings (SSSR count). The van der Waals surface area contributed by atoms with Crippen molar-refractivity contribution in [3.63, 3.8) is 0 Å². The number of nitrogens with zero attached hydrogens (tertiary/aromatic N) is 2. The number of aliphatic carboxylic acids is 1. The molecular weight excluding hydrogens is 398 g/mol. The molecule has 30 heavy (non-hydrogen) atoms. The summed E-state index contributed by atoms with van der Waals surface area (Å²) < 4.78 is 0. The Kier molecular flexibility index (Phi) is 9.98. The molecule has 13 heteroatoms. The van der Waals surface area contributed by atoms with Crippen LogP contribution < -0.4 is 27.8 Å². The van der Waals surface area contributed by atoms with Gasteiger partial charge in [0.05, 0.1) is 12.6 Å². The SMILES string of the molecule is CC(O)C(NC(=O)C(CCCN=C(N)N)NC(=O)CN)C(=O)N1CCCC1C(=O)O. The average molecular weight is 429 g/mol. The van der Waals surface area contributed by atoms with Crippen molar-refractivity contribution in [1.82, 2.24) is 15.5 Å². The molecule has 3 amide bonds. The summed E-state index contributed by atoms with van der Waals surface area (Å²) in [6.07, 6.45) is 0.00624. The van der Waals surface area contributed by atoms with E-state index in [1.165, 1.54) is 6.92 Å². The van der Waals surface area contributed by atoms with E-state index in [9.17, 15) is 29.4 Å². The summed E-state index contributed by atoms with van der Waals surface area (Å²) in [5.74, 6) is -3.26. The van der Waals surface area contributed by atoms with Crippen LogP contribution in [0.5, 0.6) is 0 Å². The van der Waals surface area contributed by atoms with Crippen molar-refractivity contribution in [1.29, 1.82) is 0 Å². The quantitative estimate of drug-likeness (QED) is 0.0977. The van der Waals surface area contributed by atoms with Crippen molar-refractivity contribution in [2.75, 3.05) is 19.6 Å². The van der Waals surface area contributed by atoms with Crippen LogP contribution in [0.15, 0.2) is 4.99 Å². The molecule has 4 unspecified atom stereocenters. The Morgan fingerprint density at radius 3 is 2.43 bits per heavy atom. The third-order valence-corrected chi connectivity index (χ3v) is 4.65. The highest BCUT2D eigenvalue weighted by atomic mass is 16.4. The number of carbonyl (C=O) groups excluding carboxylic acids is 3. The molecule has 170 valence electrons. The van der Waals surface area contributed by atoms with Gasteiger partial charge in [-0.25, -0.2) is 4.79 Å². The first kappa shape index (κ1) is 25.1. The smallest absolute Gasteiger partial charge is 0.326 e. The number of aliphatic hydroxyl groups is 1. The standard InChI is InChI=1S/C17H31N7O6/c1-9(25)13(15(28)24-7-3-5-11(24)16(29)30)23-14(27)10(22-12(26)8-18)4-2-6-21-17(19)20/h9-11,13,25H,2-8,18H2,1H3,(H,22,26)(H,23,27)(H,29,30)(H4,19,20,21). The number of nitrogens with two attached hydrogens (primary N) is 3. The molecule has 0 bridgehead atoms. The monoisotopic (exact) mass is 429 g/mol. The minimum atomic E-state index is -1.37. The van der Waals surface area contributed by atoms with Gasteiger partial charge in [-0.05, 0) is 32.6 Å². The summed E-state index contributed by atoms with van der Waals surface area (Å²) in [5, 5.41) is 24.2. The maximum Gasteiger partial charge on any atom is 0.326 e. The minimum absolute atomic E-state index is 0.111. The number of guanidine groups is 1. The van der Waals surface area contributed by atoms with Crippen LogP contribution in [0.25, 0.3) is 0 Å². The Balaban J connectivity index is 2.89. The van der Waals surface area contributed by atoms with E-state index in [-0.39, 0.29) is 32.0 Å². The number of carboxylic acid groups (broad SMARTS) is 1. The van der Waals surface area contributed by atoms with Crippen molar-refractivity contribution in [3.05, 3.63) is 0 Å². The molecule has 0 spiro atoms. The number of amides is 3. The van der Waals surface area contributed by atoms with E-state index in [0.717, 1.165) is 4.90 Å². The topological polar surface area (TPSA) is 226 Å². The highest BCUT2D eigenvalue weighted by Crippen LogP contribution is 2.19. The number of hydrogen-bond donors (Lipinski definition) is 7. The van der Waals surface area contributed by atoms with E-state index in [1.807, 2.05) is 0 Å². The van der Waals surface area contributed by atoms with Crippen molar-refractivity contribution in [3.8, 4) is 0 Å². The molecule has 0 aromatic rings. The number of likely N-dealkylation sites (tertiary alicyclic amines) is 1. The Labute approximate surface area is 174 Å². The average Bonchev–Trinajstić information content (AvgIpc) is 3.17. The van der Waals surface area contributed by atoms with Gasteiger partial charge in [-0.15, -0.1) is 0 Å². The number of aliphatic imine (C=N–C) groups is 1. The molecule has 1 fully saturated rings. The van der Waals surface area contributed by atoms with Crippen LogP contribution in [-0.4, -0.2) is 88.6 Å². The second-order valence-electron chi connectivity index (χ2n) is 7.03. The van der Waals surface area contributed by atoms with Gasteiger partial charge in [0.15, 0.2) is 5.96 Å². The maximum atomic E-state index is 12.8. The lowest BCUT2D eigenvalue weighted by molar-refractivity contribution is -0.150. The maximum absolute atomic E-state index is 12.8. The molecule has 0 aliphatic carbocycles. The van der Waals surface area contributed by atoms with Crippen LogP contribution in [0.4, 0.5) is 0 Å². The van der Waals surface area contributed by atoms with Crippen LogP contribution >= 0.6 is 0 Å². The zero-order valence-electron chi connectivity index (χ0n) is 16.9. The van der Waals surface area contributed by atoms with Crippen LogP contribution in [0.1, 0.15) is 32.6 Å². The molecule has 1 aliphatic heterocycles. The number of carboxylic acids is 1. The summed E-state index contributed by atoms with van der Waals surface area (Å²) >= 11 is 0. The lowest BCUT2D eigenvalue weighted by Crippen LogP contribution is -2.59. The summed E-state index contributed by atoms with van der Waals surface area (Å²) in [4.78, 5) is 53.5. The van der Waals surface area contributed by atoms with Gasteiger partial charge in [0, 0.05) is 13.1 Å². The fraction of sp³-hybridized carbons (Fsp3) is 0.706. The Morgan fingerprint density at radius 1 is 1.23 bits per heavy atom. The Morgan fingerprint density at radius 2 is 1.90 bits per heavy atom. The van der Waals surface area contributed by atoms with E-state index in [4.69, 9.17) is 17.2 Å². The number of aliphatic hydroxyl groups excluding tert-OH is 1. The third-order valence-electron chi connectivity index (χ3n) is 4.65. The molecule has 1 aliphatic rings. The summed E-state index contributed by atoms with van der Waals surface area (Å²) in [6, 6.07) is -3.42. The number of rotatable bonds is 11. The van der Waals surface area contributed by atoms with Crippen LogP contribution in [-0.2, 0) is 19.2 Å². The molecule has 10 N–H and O–H groups in total. The first-order valence-corrected chi connectivity index (χ1v) is 9.65. The summed E-state index contributed by atoms with van der Waals surface area (Å²) in [5.41, 5.74) is 15.8. The number of carbonyl (C=O) groups is 4. The van der Waals surface area contributed by atoms with E-state index in [1.54, 1.807) is 0 Å². The highest BCUT2D eigenvalue weighted by Gasteiger charge is 2.39. The predicted octanol–water partition coefficient (Wildman–Crippen LogP) is -3.58. The molecular formula is C17H31N7O6. The molecule has 13 nitrogen and oxygen atoms in total. The van der Waals surface area contributed by atoms with E-state index in [2.05, 4.69) is 15.6 Å². The van der Waals surface area contributed by atoms with Crippen LogP contribution in [0.3, 0.4) is 0 Å². The van der Waals surface area contributed by atoms with Gasteiger partial charge >= 0.3 is 5.97 Å². The molecule has 4 atom stereocenters. The number of nitrogens with one attached hydrogen (secondary N) is 2. The van der Waals surface area contributed by atoms with Crippen LogP contribution in [0, 0.1) is 0 Å². The van der Waals surface area contributed by atoms with Gasteiger partial charge in [-0.2, -0.15) is 0 Å². The molecule has 0 aromatic heterocycles. The lowest BCUT2D eigenvalue weighted by atomic mass is 10.1. The third kappa shape index (κ3) is 7.48. The van der Waals surface area contributed by atoms with Crippen molar-refractivity contribution in [2.24, 2.45) is 22.2 Å². The van der Waals surface area contributed by atoms with Gasteiger partial charge < -0.3 is 42.9 Å². The fourth-order valence-electron chi connectivity index (χ4n) is 3.13. The van der Waals surface area contributed by atoms with Crippen LogP contribution in [0.2, 0.25) is 0 Å². The van der Waals surface area contributed by atoms with Gasteiger partial charge in [-0.3, -0.25) is 19.4 Å². The van der Waals surface area contributed by atoms with Gasteiger partial charge in [0.25, 0.3) is 0 Å². The van der Waals surface area contributed by atoms with Gasteiger partial charge in [-0.1, -0.05) is 0 Å². The molecule has 0 aromatic carbocycles. The molecule has 1 saturated heterocycles. The predicted molar refractivity (Wildman–Crippen MR) is 107 cm³/mol. The Hall–Kier alpha value is -2.93. The first-order valence-electron chi connectivity index (χ1n) is 9.65. The minimum Gasteiger partial charge on any atom is -0.480 e. The van der Waals surface area contributed by atoms with Gasteiger partial charge in [0.2, 0.25) is 17.7 Å². The van der Waals surface area contributed by atoms with E-state index in [0.29, 0.717) is 19.3 Å². The molecule has 1 heterocycles. The second kappa shape index (κ2) is 11.9. The molecule has 0 radical (unpaired) electrons. The van der Waals surface area contributed by atoms with E-state index >= 15 is 0 Å². The van der Waals surface area contributed by atoms with Crippen molar-refractivity contribution >= 4 is 29.7 Å². The summed E-state index contributed by atoms with van der Waals surface area (Å²) in [7, 11) is 0. The fourth-order valence-corrected chi connectivity index (χ4v) is 3.13. The first-order chi connectivity index (χ1) is 14.1.